The maximum Gasteiger partial charge on any atom is 0.305 e. The molecule has 0 radical (unpaired) electrons. The number of amides is 2. The molecule has 7 nitrogen and oxygen atoms in total. The first-order valence-electron chi connectivity index (χ1n) is 11.4. The van der Waals surface area contributed by atoms with Crippen molar-refractivity contribution in [2.75, 3.05) is 6.54 Å². The van der Waals surface area contributed by atoms with Gasteiger partial charge in [0.1, 0.15) is 0 Å². The zero-order valence-corrected chi connectivity index (χ0v) is 19.7. The third-order valence-corrected chi connectivity index (χ3v) is 10.6. The number of H-pyrrole nitrogens is 1. The summed E-state index contributed by atoms with van der Waals surface area (Å²) in [5.74, 6) is -1.38. The zero-order chi connectivity index (χ0) is 23.0. The third-order valence-electron chi connectivity index (χ3n) is 8.02. The van der Waals surface area contributed by atoms with Crippen LogP contribution in [0.1, 0.15) is 41.2 Å². The zero-order valence-electron chi connectivity index (χ0n) is 18.0. The molecule has 1 saturated heterocycles. The Morgan fingerprint density at radius 3 is 2.52 bits per heavy atom. The van der Waals surface area contributed by atoms with Crippen LogP contribution in [-0.4, -0.2) is 44.6 Å². The van der Waals surface area contributed by atoms with Crippen LogP contribution in [0.25, 0.3) is 0 Å². The number of aromatic amines is 1. The number of hydrogen-bond donors (Lipinski definition) is 2. The molecule has 0 unspecified atom stereocenters. The number of thiazole rings is 1. The van der Waals surface area contributed by atoms with E-state index < -0.39 is 5.97 Å². The molecule has 1 aromatic heterocycles. The number of carbonyl (C=O) groups excluding carboxylic acids is 2. The fraction of sp³-hybridized carbons (Fsp3) is 0.500. The number of aromatic nitrogens is 1. The first-order valence-corrected chi connectivity index (χ1v) is 13.1. The van der Waals surface area contributed by atoms with Crippen molar-refractivity contribution in [2.24, 2.45) is 29.6 Å². The summed E-state index contributed by atoms with van der Waals surface area (Å²) >= 11 is 2.95. The van der Waals surface area contributed by atoms with Gasteiger partial charge in [-0.15, -0.1) is 11.8 Å². The van der Waals surface area contributed by atoms with Crippen LogP contribution in [0.15, 0.2) is 34.1 Å². The minimum Gasteiger partial charge on any atom is -0.481 e. The molecule has 4 aliphatic rings. The molecule has 2 bridgehead atoms. The standard InChI is InChI=1S/C24H24N2O5S2/c1-10-4-6-11(7-5-10)15-16-12-9-13(19(16)32-21-20(15)33-24(31)25-21)18-17(12)22(29)26(23(18)30)8-2-3-14(27)28/h4-7,12-13,15-19H,2-3,8-9H2,1H3,(H,25,31)(H,27,28)/t12-,13+,15-,16+,17-,18+,19-/m1/s1. The van der Waals surface area contributed by atoms with Gasteiger partial charge in [0.2, 0.25) is 11.8 Å². The molecule has 9 heteroatoms. The van der Waals surface area contributed by atoms with Crippen LogP contribution in [0.2, 0.25) is 0 Å². The summed E-state index contributed by atoms with van der Waals surface area (Å²) in [4.78, 5) is 55.1. The molecule has 2 saturated carbocycles. The Labute approximate surface area is 198 Å². The fourth-order valence-corrected chi connectivity index (χ4v) is 9.72. The molecule has 1 aromatic carbocycles. The first-order chi connectivity index (χ1) is 15.8. The van der Waals surface area contributed by atoms with Gasteiger partial charge in [-0.3, -0.25) is 24.1 Å². The molecule has 3 fully saturated rings. The van der Waals surface area contributed by atoms with Crippen LogP contribution in [-0.2, 0) is 14.4 Å². The average Bonchev–Trinajstić information content (AvgIpc) is 3.49. The predicted molar refractivity (Wildman–Crippen MR) is 123 cm³/mol. The number of rotatable bonds is 5. The van der Waals surface area contributed by atoms with Crippen molar-refractivity contribution >= 4 is 40.9 Å². The van der Waals surface area contributed by atoms with E-state index in [9.17, 15) is 19.2 Å². The minimum absolute atomic E-state index is 0.0377. The molecular weight excluding hydrogens is 460 g/mol. The highest BCUT2D eigenvalue weighted by Crippen LogP contribution is 2.68. The Morgan fingerprint density at radius 2 is 1.82 bits per heavy atom. The van der Waals surface area contributed by atoms with Crippen LogP contribution in [0, 0.1) is 36.5 Å². The van der Waals surface area contributed by atoms with Crippen molar-refractivity contribution in [3.05, 3.63) is 49.9 Å². The average molecular weight is 485 g/mol. The summed E-state index contributed by atoms with van der Waals surface area (Å²) in [7, 11) is 0. The number of likely N-dealkylation sites (tertiary alicyclic amines) is 1. The lowest BCUT2D eigenvalue weighted by Gasteiger charge is -2.43. The number of hydrogen-bond acceptors (Lipinski definition) is 6. The Balaban J connectivity index is 1.37. The van der Waals surface area contributed by atoms with Crippen LogP contribution < -0.4 is 4.87 Å². The van der Waals surface area contributed by atoms with Crippen LogP contribution in [0.3, 0.4) is 0 Å². The Hall–Kier alpha value is -2.39. The minimum atomic E-state index is -0.919. The van der Waals surface area contributed by atoms with Crippen molar-refractivity contribution in [3.8, 4) is 0 Å². The monoisotopic (exact) mass is 484 g/mol. The second kappa shape index (κ2) is 7.56. The van der Waals surface area contributed by atoms with Gasteiger partial charge in [0, 0.05) is 29.0 Å². The lowest BCUT2D eigenvalue weighted by atomic mass is 9.68. The number of thioether (sulfide) groups is 1. The Bertz CT molecular complexity index is 1220. The van der Waals surface area contributed by atoms with E-state index in [1.54, 1.807) is 11.8 Å². The van der Waals surface area contributed by atoms with Gasteiger partial charge in [0.05, 0.1) is 16.9 Å². The summed E-state index contributed by atoms with van der Waals surface area (Å²) in [6.45, 7) is 2.23. The van der Waals surface area contributed by atoms with Crippen molar-refractivity contribution in [1.29, 1.82) is 0 Å². The predicted octanol–water partition coefficient (Wildman–Crippen LogP) is 3.08. The van der Waals surface area contributed by atoms with Gasteiger partial charge in [-0.05, 0) is 43.1 Å². The number of benzene rings is 1. The summed E-state index contributed by atoms with van der Waals surface area (Å²) in [5, 5.41) is 10.0. The fourth-order valence-electron chi connectivity index (χ4n) is 6.83. The van der Waals surface area contributed by atoms with Gasteiger partial charge < -0.3 is 10.1 Å². The lowest BCUT2D eigenvalue weighted by molar-refractivity contribution is -0.142. The maximum atomic E-state index is 13.4. The van der Waals surface area contributed by atoms with Crippen LogP contribution in [0.4, 0.5) is 0 Å². The molecule has 2 aliphatic heterocycles. The largest absolute Gasteiger partial charge is 0.481 e. The smallest absolute Gasteiger partial charge is 0.305 e. The van der Waals surface area contributed by atoms with Gasteiger partial charge in [-0.25, -0.2) is 0 Å². The summed E-state index contributed by atoms with van der Waals surface area (Å²) in [6.07, 6.45) is 1.09. The molecule has 2 aliphatic carbocycles. The summed E-state index contributed by atoms with van der Waals surface area (Å²) < 4.78 is 0. The van der Waals surface area contributed by atoms with Gasteiger partial charge in [0.15, 0.2) is 0 Å². The quantitative estimate of drug-likeness (QED) is 0.632. The molecular formula is C24H24N2O5S2. The van der Waals surface area contributed by atoms with Gasteiger partial charge in [0.25, 0.3) is 0 Å². The number of nitrogens with zero attached hydrogens (tertiary/aromatic N) is 1. The van der Waals surface area contributed by atoms with Crippen molar-refractivity contribution in [1.82, 2.24) is 9.88 Å². The summed E-state index contributed by atoms with van der Waals surface area (Å²) in [6, 6.07) is 8.44. The molecule has 172 valence electrons. The van der Waals surface area contributed by atoms with Crippen molar-refractivity contribution in [3.63, 3.8) is 0 Å². The van der Waals surface area contributed by atoms with Crippen LogP contribution >= 0.6 is 23.1 Å². The molecule has 2 aromatic rings. The van der Waals surface area contributed by atoms with E-state index in [1.807, 2.05) is 6.92 Å². The maximum absolute atomic E-state index is 13.4. The van der Waals surface area contributed by atoms with E-state index in [4.69, 9.17) is 5.11 Å². The SMILES string of the molecule is Cc1ccc([C@H]2c3sc(=O)[nH]c3S[C@@H]3[C@H]4C[C@@H]([C@H]5C(=O)N(CCCC(=O)O)C(=O)[C@@H]45)[C@@H]23)cc1. The van der Waals surface area contributed by atoms with Crippen molar-refractivity contribution < 1.29 is 19.5 Å². The van der Waals surface area contributed by atoms with E-state index in [-0.39, 0.29) is 76.8 Å². The highest BCUT2D eigenvalue weighted by molar-refractivity contribution is 8.00. The molecule has 3 heterocycles. The Morgan fingerprint density at radius 1 is 1.12 bits per heavy atom. The number of carbonyl (C=O) groups is 3. The molecule has 33 heavy (non-hydrogen) atoms. The number of aliphatic carboxylic acids is 1. The first kappa shape index (κ1) is 21.2. The lowest BCUT2D eigenvalue weighted by Crippen LogP contribution is -2.42. The third kappa shape index (κ3) is 3.08. The van der Waals surface area contributed by atoms with E-state index in [1.165, 1.54) is 21.8 Å². The number of imide groups is 1. The molecule has 7 atom stereocenters. The van der Waals surface area contributed by atoms with Crippen LogP contribution in [0.5, 0.6) is 0 Å². The topological polar surface area (TPSA) is 108 Å². The number of aryl methyl sites for hydroxylation is 1. The summed E-state index contributed by atoms with van der Waals surface area (Å²) in [5.41, 5.74) is 2.33. The second-order valence-corrected chi connectivity index (χ2v) is 11.9. The molecule has 6 rings (SSSR count). The number of nitrogens with one attached hydrogen (secondary N) is 1. The highest BCUT2D eigenvalue weighted by atomic mass is 32.2. The highest BCUT2D eigenvalue weighted by Gasteiger charge is 2.69. The van der Waals surface area contributed by atoms with E-state index in [0.717, 1.165) is 21.9 Å². The van der Waals surface area contributed by atoms with Gasteiger partial charge in [-0.1, -0.05) is 41.2 Å². The van der Waals surface area contributed by atoms with Gasteiger partial charge in [-0.2, -0.15) is 0 Å². The number of carboxylic acids is 1. The van der Waals surface area contributed by atoms with E-state index >= 15 is 0 Å². The number of carboxylic acid groups (broad SMARTS) is 1. The normalized spacial score (nSPS) is 33.8. The van der Waals surface area contributed by atoms with E-state index in [2.05, 4.69) is 29.2 Å². The molecule has 0 spiro atoms. The Kier molecular flexibility index (Phi) is 4.85. The second-order valence-electron chi connectivity index (χ2n) is 9.70. The van der Waals surface area contributed by atoms with Crippen molar-refractivity contribution in [2.45, 2.75) is 42.4 Å². The number of fused-ring (bicyclic) bond motifs is 9. The molecule has 2 N–H and O–H groups in total. The van der Waals surface area contributed by atoms with Gasteiger partial charge >= 0.3 is 10.8 Å². The van der Waals surface area contributed by atoms with E-state index in [0.29, 0.717) is 0 Å². The molecule has 2 amide bonds.